The van der Waals surface area contributed by atoms with Gasteiger partial charge in [-0.25, -0.2) is 4.98 Å². The van der Waals surface area contributed by atoms with Crippen molar-refractivity contribution in [3.8, 4) is 0 Å². The summed E-state index contributed by atoms with van der Waals surface area (Å²) in [4.78, 5) is 4.50. The van der Waals surface area contributed by atoms with E-state index < -0.39 is 0 Å². The summed E-state index contributed by atoms with van der Waals surface area (Å²) >= 11 is 0. The summed E-state index contributed by atoms with van der Waals surface area (Å²) in [7, 11) is 1.92. The predicted molar refractivity (Wildman–Crippen MR) is 55.5 cm³/mol. The first-order valence-electron chi connectivity index (χ1n) is 4.53. The van der Waals surface area contributed by atoms with Gasteiger partial charge in [-0.15, -0.1) is 0 Å². The molecule has 0 amide bonds. The molecule has 0 aliphatic rings. The first-order chi connectivity index (χ1) is 6.19. The molecule has 0 radical (unpaired) electrons. The number of hydrogen-bond donors (Lipinski definition) is 1. The highest BCUT2D eigenvalue weighted by atomic mass is 15.1. The van der Waals surface area contributed by atoms with Crippen molar-refractivity contribution in [2.24, 2.45) is 0 Å². The van der Waals surface area contributed by atoms with Gasteiger partial charge in [0, 0.05) is 24.9 Å². The van der Waals surface area contributed by atoms with Gasteiger partial charge in [0.1, 0.15) is 5.82 Å². The van der Waals surface area contributed by atoms with Gasteiger partial charge in [0.05, 0.1) is 5.69 Å². The molecule has 0 aliphatic heterocycles. The van der Waals surface area contributed by atoms with Gasteiger partial charge in [-0.2, -0.15) is 0 Å². The summed E-state index contributed by atoms with van der Waals surface area (Å²) in [5.74, 6) is 1.50. The van der Waals surface area contributed by atoms with Gasteiger partial charge in [0.15, 0.2) is 0 Å². The fourth-order valence-electron chi connectivity index (χ4n) is 1.30. The van der Waals surface area contributed by atoms with E-state index in [0.29, 0.717) is 5.92 Å². The summed E-state index contributed by atoms with van der Waals surface area (Å²) in [6.45, 7) is 8.82. The smallest absolute Gasteiger partial charge is 0.115 e. The minimum Gasteiger partial charge on any atom is -0.314 e. The standard InChI is InChI=1S/C10H17N3/c1-5-13-7-9(6-11-4)12-10(13)8(2)3/h5,7-8,11H,1,6H2,2-4H3. The lowest BCUT2D eigenvalue weighted by Crippen LogP contribution is -2.05. The third kappa shape index (κ3) is 2.18. The van der Waals surface area contributed by atoms with Crippen LogP contribution in [0.2, 0.25) is 0 Å². The molecule has 1 heterocycles. The van der Waals surface area contributed by atoms with E-state index in [-0.39, 0.29) is 0 Å². The molecule has 1 N–H and O–H groups in total. The van der Waals surface area contributed by atoms with Gasteiger partial charge in [0.2, 0.25) is 0 Å². The van der Waals surface area contributed by atoms with Crippen LogP contribution in [0.25, 0.3) is 6.20 Å². The van der Waals surface area contributed by atoms with Crippen molar-refractivity contribution < 1.29 is 0 Å². The third-order valence-electron chi connectivity index (χ3n) is 1.88. The van der Waals surface area contributed by atoms with Crippen molar-refractivity contribution in [2.45, 2.75) is 26.3 Å². The maximum atomic E-state index is 4.50. The van der Waals surface area contributed by atoms with Gasteiger partial charge in [0.25, 0.3) is 0 Å². The minimum absolute atomic E-state index is 0.434. The highest BCUT2D eigenvalue weighted by molar-refractivity contribution is 5.24. The summed E-state index contributed by atoms with van der Waals surface area (Å²) < 4.78 is 1.98. The van der Waals surface area contributed by atoms with E-state index in [0.717, 1.165) is 18.1 Å². The van der Waals surface area contributed by atoms with Crippen LogP contribution < -0.4 is 5.32 Å². The molecule has 1 aromatic rings. The Labute approximate surface area is 79.5 Å². The van der Waals surface area contributed by atoms with Crippen LogP contribution in [-0.4, -0.2) is 16.6 Å². The van der Waals surface area contributed by atoms with E-state index in [2.05, 4.69) is 30.7 Å². The Hall–Kier alpha value is -1.09. The maximum absolute atomic E-state index is 4.50. The fourth-order valence-corrected chi connectivity index (χ4v) is 1.30. The Morgan fingerprint density at radius 3 is 2.77 bits per heavy atom. The van der Waals surface area contributed by atoms with Crippen LogP contribution in [0.15, 0.2) is 12.8 Å². The molecule has 0 saturated carbocycles. The van der Waals surface area contributed by atoms with Crippen LogP contribution in [-0.2, 0) is 6.54 Å². The Morgan fingerprint density at radius 2 is 2.38 bits per heavy atom. The maximum Gasteiger partial charge on any atom is 0.115 e. The first-order valence-corrected chi connectivity index (χ1v) is 4.53. The van der Waals surface area contributed by atoms with Crippen molar-refractivity contribution >= 4 is 6.20 Å². The van der Waals surface area contributed by atoms with Crippen LogP contribution >= 0.6 is 0 Å². The molecule has 0 spiro atoms. The molecule has 0 unspecified atom stereocenters. The topological polar surface area (TPSA) is 29.9 Å². The number of aromatic nitrogens is 2. The van der Waals surface area contributed by atoms with Gasteiger partial charge in [-0.3, -0.25) is 0 Å². The second-order valence-electron chi connectivity index (χ2n) is 3.37. The van der Waals surface area contributed by atoms with Gasteiger partial charge >= 0.3 is 0 Å². The first kappa shape index (κ1) is 9.99. The molecule has 72 valence electrons. The SMILES string of the molecule is C=Cn1cc(CNC)nc1C(C)C. The lowest BCUT2D eigenvalue weighted by atomic mass is 10.2. The van der Waals surface area contributed by atoms with Crippen molar-refractivity contribution in [1.82, 2.24) is 14.9 Å². The molecule has 0 saturated heterocycles. The Kier molecular flexibility index (Phi) is 3.25. The van der Waals surface area contributed by atoms with Crippen LogP contribution in [0.5, 0.6) is 0 Å². The van der Waals surface area contributed by atoms with E-state index in [1.807, 2.05) is 17.8 Å². The molecule has 3 heteroatoms. The predicted octanol–water partition coefficient (Wildman–Crippen LogP) is 1.83. The van der Waals surface area contributed by atoms with Crippen molar-refractivity contribution in [2.75, 3.05) is 7.05 Å². The van der Waals surface area contributed by atoms with Crippen molar-refractivity contribution in [1.29, 1.82) is 0 Å². The number of nitrogens with zero attached hydrogens (tertiary/aromatic N) is 2. The van der Waals surface area contributed by atoms with Crippen LogP contribution in [0.3, 0.4) is 0 Å². The number of imidazole rings is 1. The molecule has 0 fully saturated rings. The number of hydrogen-bond acceptors (Lipinski definition) is 2. The normalized spacial score (nSPS) is 10.8. The zero-order valence-corrected chi connectivity index (χ0v) is 8.54. The number of rotatable bonds is 4. The molecule has 0 bridgehead atoms. The molecule has 1 rings (SSSR count). The number of nitrogens with one attached hydrogen (secondary N) is 1. The highest BCUT2D eigenvalue weighted by Crippen LogP contribution is 2.14. The van der Waals surface area contributed by atoms with Gasteiger partial charge in [-0.05, 0) is 7.05 Å². The fraction of sp³-hybridized carbons (Fsp3) is 0.500. The molecular weight excluding hydrogens is 162 g/mol. The second kappa shape index (κ2) is 4.23. The van der Waals surface area contributed by atoms with Crippen molar-refractivity contribution in [3.05, 3.63) is 24.3 Å². The van der Waals surface area contributed by atoms with E-state index in [1.54, 1.807) is 6.20 Å². The molecule has 13 heavy (non-hydrogen) atoms. The lowest BCUT2D eigenvalue weighted by molar-refractivity contribution is 0.750. The summed E-state index contributed by atoms with van der Waals surface area (Å²) in [6.07, 6.45) is 3.81. The molecular formula is C10H17N3. The Bertz CT molecular complexity index is 286. The van der Waals surface area contributed by atoms with Gasteiger partial charge < -0.3 is 9.88 Å². The molecule has 3 nitrogen and oxygen atoms in total. The molecule has 0 aromatic carbocycles. The van der Waals surface area contributed by atoms with Crippen molar-refractivity contribution in [3.63, 3.8) is 0 Å². The summed E-state index contributed by atoms with van der Waals surface area (Å²) in [6, 6.07) is 0. The highest BCUT2D eigenvalue weighted by Gasteiger charge is 2.08. The monoisotopic (exact) mass is 179 g/mol. The van der Waals surface area contributed by atoms with E-state index in [4.69, 9.17) is 0 Å². The Balaban J connectivity index is 2.97. The van der Waals surface area contributed by atoms with Crippen LogP contribution in [0.4, 0.5) is 0 Å². The zero-order valence-electron chi connectivity index (χ0n) is 8.54. The van der Waals surface area contributed by atoms with Crippen LogP contribution in [0.1, 0.15) is 31.3 Å². The van der Waals surface area contributed by atoms with Crippen LogP contribution in [0, 0.1) is 0 Å². The van der Waals surface area contributed by atoms with E-state index in [9.17, 15) is 0 Å². The zero-order chi connectivity index (χ0) is 9.84. The Morgan fingerprint density at radius 1 is 1.69 bits per heavy atom. The largest absolute Gasteiger partial charge is 0.314 e. The van der Waals surface area contributed by atoms with E-state index in [1.165, 1.54) is 0 Å². The summed E-state index contributed by atoms with van der Waals surface area (Å²) in [5, 5.41) is 3.08. The minimum atomic E-state index is 0.434. The van der Waals surface area contributed by atoms with Gasteiger partial charge in [-0.1, -0.05) is 20.4 Å². The second-order valence-corrected chi connectivity index (χ2v) is 3.37. The molecule has 0 atom stereocenters. The molecule has 1 aromatic heterocycles. The lowest BCUT2D eigenvalue weighted by Gasteiger charge is -2.03. The third-order valence-corrected chi connectivity index (χ3v) is 1.88. The quantitative estimate of drug-likeness (QED) is 0.764. The average Bonchev–Trinajstić information content (AvgIpc) is 2.48. The molecule has 0 aliphatic carbocycles. The van der Waals surface area contributed by atoms with E-state index >= 15 is 0 Å². The summed E-state index contributed by atoms with van der Waals surface area (Å²) in [5.41, 5.74) is 1.06. The average molecular weight is 179 g/mol.